The zero-order chi connectivity index (χ0) is 18.1. The van der Waals surface area contributed by atoms with Gasteiger partial charge in [-0.05, 0) is 17.7 Å². The molecule has 10 heteroatoms. The van der Waals surface area contributed by atoms with Crippen LogP contribution in [0.5, 0.6) is 0 Å². The summed E-state index contributed by atoms with van der Waals surface area (Å²) in [5, 5.41) is 1.11. The highest BCUT2D eigenvalue weighted by atomic mass is 35.5. The van der Waals surface area contributed by atoms with Crippen LogP contribution in [0.4, 0.5) is 0 Å². The molecular formula is C16H10ClN5O2S2. The molecule has 130 valence electrons. The summed E-state index contributed by atoms with van der Waals surface area (Å²) in [6.45, 7) is 0. The average molecular weight is 404 g/mol. The van der Waals surface area contributed by atoms with Crippen LogP contribution in [0.25, 0.3) is 16.2 Å². The molecule has 3 aromatic heterocycles. The predicted octanol–water partition coefficient (Wildman–Crippen LogP) is 2.87. The first-order chi connectivity index (χ1) is 12.6. The number of aromatic amines is 1. The summed E-state index contributed by atoms with van der Waals surface area (Å²) in [6.07, 6.45) is 2.52. The van der Waals surface area contributed by atoms with Crippen molar-refractivity contribution in [2.24, 2.45) is 0 Å². The minimum atomic E-state index is -0.344. The van der Waals surface area contributed by atoms with Crippen LogP contribution >= 0.6 is 34.7 Å². The van der Waals surface area contributed by atoms with Crippen molar-refractivity contribution in [3.63, 3.8) is 0 Å². The summed E-state index contributed by atoms with van der Waals surface area (Å²) in [5.74, 6) is 0.888. The molecule has 1 aromatic carbocycles. The molecule has 0 aliphatic heterocycles. The summed E-state index contributed by atoms with van der Waals surface area (Å²) >= 11 is 8.51. The van der Waals surface area contributed by atoms with Crippen molar-refractivity contribution in [2.75, 3.05) is 0 Å². The van der Waals surface area contributed by atoms with Crippen molar-refractivity contribution < 1.29 is 0 Å². The molecule has 0 bridgehead atoms. The molecule has 0 radical (unpaired) electrons. The van der Waals surface area contributed by atoms with Crippen molar-refractivity contribution in [3.05, 3.63) is 73.5 Å². The molecule has 0 aliphatic carbocycles. The van der Waals surface area contributed by atoms with E-state index >= 15 is 0 Å². The third kappa shape index (κ3) is 3.28. The number of nitrogens with one attached hydrogen (secondary N) is 1. The zero-order valence-electron chi connectivity index (χ0n) is 13.0. The minimum Gasteiger partial charge on any atom is -0.324 e. The van der Waals surface area contributed by atoms with E-state index < -0.39 is 0 Å². The van der Waals surface area contributed by atoms with Crippen molar-refractivity contribution in [1.29, 1.82) is 0 Å². The predicted molar refractivity (Wildman–Crippen MR) is 102 cm³/mol. The summed E-state index contributed by atoms with van der Waals surface area (Å²) in [7, 11) is 0. The molecule has 4 aromatic rings. The largest absolute Gasteiger partial charge is 0.324 e. The maximum absolute atomic E-state index is 12.9. The second-order valence-corrected chi connectivity index (χ2v) is 7.46. The second kappa shape index (κ2) is 7.02. The van der Waals surface area contributed by atoms with Gasteiger partial charge >= 0.3 is 0 Å². The molecule has 4 rings (SSSR count). The Bertz CT molecular complexity index is 1180. The summed E-state index contributed by atoms with van der Waals surface area (Å²) in [5.41, 5.74) is 2.41. The van der Waals surface area contributed by atoms with Gasteiger partial charge in [0.05, 0.1) is 11.7 Å². The van der Waals surface area contributed by atoms with Crippen LogP contribution in [0, 0.1) is 0 Å². The molecule has 0 aliphatic rings. The number of benzene rings is 1. The molecule has 0 fully saturated rings. The average Bonchev–Trinajstić information content (AvgIpc) is 3.11. The second-order valence-electron chi connectivity index (χ2n) is 5.22. The maximum Gasteiger partial charge on any atom is 0.279 e. The Morgan fingerprint density at radius 1 is 1.19 bits per heavy atom. The monoisotopic (exact) mass is 403 g/mol. The summed E-state index contributed by atoms with van der Waals surface area (Å²) in [6, 6.07) is 7.45. The number of rotatable bonds is 4. The Morgan fingerprint density at radius 2 is 2.00 bits per heavy atom. The number of halogens is 1. The molecule has 0 amide bonds. The maximum atomic E-state index is 12.9. The van der Waals surface area contributed by atoms with Crippen LogP contribution in [0.3, 0.4) is 0 Å². The van der Waals surface area contributed by atoms with Gasteiger partial charge in [0, 0.05) is 17.0 Å². The minimum absolute atomic E-state index is 0.268. The molecule has 0 atom stereocenters. The molecule has 0 saturated carbocycles. The van der Waals surface area contributed by atoms with Crippen LogP contribution in [0.2, 0.25) is 5.02 Å². The van der Waals surface area contributed by atoms with Gasteiger partial charge in [0.15, 0.2) is 16.6 Å². The molecule has 0 saturated heterocycles. The quantitative estimate of drug-likeness (QED) is 0.416. The van der Waals surface area contributed by atoms with Gasteiger partial charge in [0.1, 0.15) is 4.70 Å². The van der Waals surface area contributed by atoms with Gasteiger partial charge in [-0.2, -0.15) is 0 Å². The number of thioether (sulfide) groups is 1. The molecular weight excluding hydrogens is 394 g/mol. The number of aromatic nitrogens is 5. The fourth-order valence-electron chi connectivity index (χ4n) is 2.28. The van der Waals surface area contributed by atoms with E-state index in [0.29, 0.717) is 32.1 Å². The van der Waals surface area contributed by atoms with E-state index in [2.05, 4.69) is 19.9 Å². The Morgan fingerprint density at radius 3 is 2.73 bits per heavy atom. The van der Waals surface area contributed by atoms with Crippen molar-refractivity contribution in [2.45, 2.75) is 10.9 Å². The number of nitrogens with zero attached hydrogens (tertiary/aromatic N) is 4. The SMILES string of the molecule is O=c1cnc(-n2c(SCc3ccc(Cl)cc3)nc3ncsc3c2=O)c[nH]1. The first-order valence-corrected chi connectivity index (χ1v) is 9.65. The summed E-state index contributed by atoms with van der Waals surface area (Å²) < 4.78 is 1.82. The topological polar surface area (TPSA) is 93.5 Å². The lowest BCUT2D eigenvalue weighted by atomic mass is 10.2. The summed E-state index contributed by atoms with van der Waals surface area (Å²) in [4.78, 5) is 39.4. The Labute approximate surface area is 159 Å². The number of H-pyrrole nitrogens is 1. The third-order valence-electron chi connectivity index (χ3n) is 3.51. The number of hydrogen-bond donors (Lipinski definition) is 1. The van der Waals surface area contributed by atoms with Crippen molar-refractivity contribution >= 4 is 45.0 Å². The van der Waals surface area contributed by atoms with E-state index in [9.17, 15) is 9.59 Å². The highest BCUT2D eigenvalue weighted by molar-refractivity contribution is 7.98. The first-order valence-electron chi connectivity index (χ1n) is 7.40. The van der Waals surface area contributed by atoms with Crippen molar-refractivity contribution in [3.8, 4) is 5.82 Å². The molecule has 26 heavy (non-hydrogen) atoms. The normalized spacial score (nSPS) is 11.1. The van der Waals surface area contributed by atoms with Gasteiger partial charge in [-0.25, -0.2) is 19.5 Å². The lowest BCUT2D eigenvalue weighted by molar-refractivity contribution is 0.786. The van der Waals surface area contributed by atoms with Crippen LogP contribution in [-0.2, 0) is 5.75 Å². The van der Waals surface area contributed by atoms with E-state index in [0.717, 1.165) is 11.8 Å². The standard InChI is InChI=1S/C16H10ClN5O2S2/c17-10-3-1-9(2-4-10)7-25-16-21-14-13(26-8-20-14)15(24)22(16)11-5-19-12(23)6-18-11/h1-6,8H,7H2,(H,19,23). The Hall–Kier alpha value is -2.49. The zero-order valence-corrected chi connectivity index (χ0v) is 15.4. The molecule has 7 nitrogen and oxygen atoms in total. The first kappa shape index (κ1) is 17.0. The number of fused-ring (bicyclic) bond motifs is 1. The third-order valence-corrected chi connectivity index (χ3v) is 5.57. The number of hydrogen-bond acceptors (Lipinski definition) is 7. The Kier molecular flexibility index (Phi) is 4.58. The van der Waals surface area contributed by atoms with Crippen molar-refractivity contribution in [1.82, 2.24) is 24.5 Å². The van der Waals surface area contributed by atoms with E-state index in [-0.39, 0.29) is 11.1 Å². The molecule has 0 unspecified atom stereocenters. The lowest BCUT2D eigenvalue weighted by Crippen LogP contribution is -2.23. The van der Waals surface area contributed by atoms with Gasteiger partial charge in [-0.1, -0.05) is 35.5 Å². The number of thiazole rings is 1. The van der Waals surface area contributed by atoms with Crippen LogP contribution in [-0.4, -0.2) is 24.5 Å². The van der Waals surface area contributed by atoms with E-state index in [1.54, 1.807) is 5.51 Å². The van der Waals surface area contributed by atoms with Gasteiger partial charge < -0.3 is 4.98 Å². The van der Waals surface area contributed by atoms with Gasteiger partial charge in [0.25, 0.3) is 11.1 Å². The molecule has 3 heterocycles. The van der Waals surface area contributed by atoms with Crippen LogP contribution < -0.4 is 11.1 Å². The smallest absolute Gasteiger partial charge is 0.279 e. The van der Waals surface area contributed by atoms with E-state index in [4.69, 9.17) is 11.6 Å². The van der Waals surface area contributed by atoms with Gasteiger partial charge in [-0.3, -0.25) is 9.59 Å². The lowest BCUT2D eigenvalue weighted by Gasteiger charge is -2.10. The van der Waals surface area contributed by atoms with Crippen LogP contribution in [0.15, 0.2) is 56.9 Å². The highest BCUT2D eigenvalue weighted by Gasteiger charge is 2.16. The van der Waals surface area contributed by atoms with Gasteiger partial charge in [-0.15, -0.1) is 11.3 Å². The highest BCUT2D eigenvalue weighted by Crippen LogP contribution is 2.25. The van der Waals surface area contributed by atoms with Crippen LogP contribution in [0.1, 0.15) is 5.56 Å². The molecule has 0 spiro atoms. The molecule has 1 N–H and O–H groups in total. The fraction of sp³-hybridized carbons (Fsp3) is 0.0625. The van der Waals surface area contributed by atoms with E-state index in [1.807, 2.05) is 24.3 Å². The van der Waals surface area contributed by atoms with Gasteiger partial charge in [0.2, 0.25) is 0 Å². The van der Waals surface area contributed by atoms with E-state index in [1.165, 1.54) is 33.9 Å². The Balaban J connectivity index is 1.80. The fourth-order valence-corrected chi connectivity index (χ4v) is 4.00.